The minimum absolute atomic E-state index is 0.0451. The van der Waals surface area contributed by atoms with Gasteiger partial charge < -0.3 is 19.2 Å². The summed E-state index contributed by atoms with van der Waals surface area (Å²) in [4.78, 5) is 24.8. The van der Waals surface area contributed by atoms with Crippen LogP contribution in [0, 0.1) is 12.8 Å². The molecule has 2 N–H and O–H groups in total. The lowest BCUT2D eigenvalue weighted by Gasteiger charge is -2.28. The van der Waals surface area contributed by atoms with Crippen molar-refractivity contribution in [3.8, 4) is 5.75 Å². The van der Waals surface area contributed by atoms with E-state index in [9.17, 15) is 14.7 Å². The van der Waals surface area contributed by atoms with Gasteiger partial charge in [0.1, 0.15) is 12.3 Å². The van der Waals surface area contributed by atoms with Crippen molar-refractivity contribution in [1.82, 2.24) is 0 Å². The number of carbonyl (C=O) groups is 1. The second kappa shape index (κ2) is 7.50. The smallest absolute Gasteiger partial charge is 0.336 e. The predicted octanol–water partition coefficient (Wildman–Crippen LogP) is 1.34. The van der Waals surface area contributed by atoms with Gasteiger partial charge in [0.25, 0.3) is 0 Å². The number of hydrogen-bond acceptors (Lipinski definition) is 5. The third-order valence-electron chi connectivity index (χ3n) is 5.42. The SMILES string of the molecule is CCc1cc2c(C)cc(=O)oc2c(C[NH+]2CCC(C(=O)OC)CC2)c1O. The summed E-state index contributed by atoms with van der Waals surface area (Å²) in [5.74, 6) is 0.0273. The quantitative estimate of drug-likeness (QED) is 0.635. The molecule has 6 heteroatoms. The van der Waals surface area contributed by atoms with Crippen LogP contribution in [0.15, 0.2) is 21.3 Å². The predicted molar refractivity (Wildman–Crippen MR) is 97.4 cm³/mol. The molecule has 0 unspecified atom stereocenters. The molecule has 0 saturated carbocycles. The highest BCUT2D eigenvalue weighted by Gasteiger charge is 2.29. The number of phenolic OH excluding ortho intramolecular Hbond substituents is 1. The van der Waals surface area contributed by atoms with E-state index in [1.807, 2.05) is 19.9 Å². The van der Waals surface area contributed by atoms with Crippen molar-refractivity contribution in [2.45, 2.75) is 39.7 Å². The van der Waals surface area contributed by atoms with E-state index in [0.29, 0.717) is 24.1 Å². The molecule has 6 nitrogen and oxygen atoms in total. The van der Waals surface area contributed by atoms with E-state index < -0.39 is 5.63 Å². The Morgan fingerprint density at radius 2 is 2.04 bits per heavy atom. The molecule has 2 heterocycles. The van der Waals surface area contributed by atoms with Crippen LogP contribution >= 0.6 is 0 Å². The maximum absolute atomic E-state index is 11.9. The van der Waals surface area contributed by atoms with Crippen LogP contribution in [0.4, 0.5) is 0 Å². The van der Waals surface area contributed by atoms with Gasteiger partial charge in [0.2, 0.25) is 0 Å². The molecule has 2 aromatic rings. The Labute approximate surface area is 152 Å². The number of phenols is 1. The van der Waals surface area contributed by atoms with E-state index in [1.165, 1.54) is 18.1 Å². The lowest BCUT2D eigenvalue weighted by atomic mass is 9.95. The molecule has 1 saturated heterocycles. The highest BCUT2D eigenvalue weighted by Crippen LogP contribution is 2.32. The Kier molecular flexibility index (Phi) is 5.32. The van der Waals surface area contributed by atoms with Crippen LogP contribution in [0.5, 0.6) is 5.75 Å². The number of nitrogens with one attached hydrogen (secondary N) is 1. The van der Waals surface area contributed by atoms with Crippen molar-refractivity contribution in [3.63, 3.8) is 0 Å². The van der Waals surface area contributed by atoms with Gasteiger partial charge in [-0.1, -0.05) is 6.92 Å². The molecule has 26 heavy (non-hydrogen) atoms. The zero-order valence-electron chi connectivity index (χ0n) is 15.6. The molecule has 0 amide bonds. The number of esters is 1. The highest BCUT2D eigenvalue weighted by molar-refractivity contribution is 5.86. The molecule has 1 aliphatic rings. The summed E-state index contributed by atoms with van der Waals surface area (Å²) in [5, 5.41) is 11.6. The van der Waals surface area contributed by atoms with Crippen LogP contribution in [-0.2, 0) is 22.5 Å². The molecule has 0 aliphatic carbocycles. The van der Waals surface area contributed by atoms with Gasteiger partial charge in [0, 0.05) is 24.3 Å². The number of ether oxygens (including phenoxy) is 1. The average molecular weight is 360 g/mol. The van der Waals surface area contributed by atoms with Crippen molar-refractivity contribution in [1.29, 1.82) is 0 Å². The first-order valence-corrected chi connectivity index (χ1v) is 9.14. The molecule has 1 fully saturated rings. The lowest BCUT2D eigenvalue weighted by Crippen LogP contribution is -3.11. The van der Waals surface area contributed by atoms with Crippen LogP contribution in [0.25, 0.3) is 11.0 Å². The Morgan fingerprint density at radius 1 is 1.35 bits per heavy atom. The van der Waals surface area contributed by atoms with Crippen molar-refractivity contribution in [2.75, 3.05) is 20.2 Å². The third kappa shape index (κ3) is 3.46. The van der Waals surface area contributed by atoms with Crippen LogP contribution in [0.2, 0.25) is 0 Å². The summed E-state index contributed by atoms with van der Waals surface area (Å²) in [6, 6.07) is 3.39. The number of likely N-dealkylation sites (tertiary alicyclic amines) is 1. The zero-order valence-corrected chi connectivity index (χ0v) is 15.6. The number of methoxy groups -OCH3 is 1. The number of fused-ring (bicyclic) bond motifs is 1. The largest absolute Gasteiger partial charge is 0.507 e. The number of carbonyl (C=O) groups excluding carboxylic acids is 1. The zero-order chi connectivity index (χ0) is 18.8. The van der Waals surface area contributed by atoms with Gasteiger partial charge in [0.05, 0.1) is 31.7 Å². The fourth-order valence-corrected chi connectivity index (χ4v) is 3.85. The normalized spacial score (nSPS) is 20.3. The monoisotopic (exact) mass is 360 g/mol. The van der Waals surface area contributed by atoms with Crippen LogP contribution in [0.1, 0.15) is 36.5 Å². The maximum atomic E-state index is 11.9. The maximum Gasteiger partial charge on any atom is 0.336 e. The van der Waals surface area contributed by atoms with Gasteiger partial charge in [0.15, 0.2) is 5.58 Å². The van der Waals surface area contributed by atoms with Crippen molar-refractivity contribution in [3.05, 3.63) is 39.2 Å². The molecular formula is C20H26NO5+. The summed E-state index contributed by atoms with van der Waals surface area (Å²) in [5.41, 5.74) is 2.47. The number of aryl methyl sites for hydroxylation is 2. The van der Waals surface area contributed by atoms with E-state index >= 15 is 0 Å². The molecule has 140 valence electrons. The van der Waals surface area contributed by atoms with E-state index in [1.54, 1.807) is 0 Å². The second-order valence-electron chi connectivity index (χ2n) is 7.07. The first-order valence-electron chi connectivity index (χ1n) is 9.14. The van der Waals surface area contributed by atoms with E-state index in [-0.39, 0.29) is 17.6 Å². The second-order valence-corrected chi connectivity index (χ2v) is 7.07. The minimum Gasteiger partial charge on any atom is -0.507 e. The third-order valence-corrected chi connectivity index (χ3v) is 5.42. The number of piperidine rings is 1. The molecular weight excluding hydrogens is 334 g/mol. The molecule has 1 aromatic carbocycles. The molecule has 0 radical (unpaired) electrons. The van der Waals surface area contributed by atoms with Gasteiger partial charge >= 0.3 is 11.6 Å². The van der Waals surface area contributed by atoms with Crippen LogP contribution < -0.4 is 10.5 Å². The van der Waals surface area contributed by atoms with Crippen molar-refractivity contribution in [2.24, 2.45) is 5.92 Å². The Hall–Kier alpha value is -2.34. The van der Waals surface area contributed by atoms with Crippen molar-refractivity contribution < 1.29 is 24.0 Å². The number of rotatable bonds is 4. The fraction of sp³-hybridized carbons (Fsp3) is 0.500. The van der Waals surface area contributed by atoms with E-state index in [0.717, 1.165) is 42.4 Å². The first-order chi connectivity index (χ1) is 12.4. The van der Waals surface area contributed by atoms with Gasteiger partial charge in [-0.05, 0) is 30.5 Å². The molecule has 0 atom stereocenters. The topological polar surface area (TPSA) is 81.2 Å². The Balaban J connectivity index is 1.93. The minimum atomic E-state index is -0.403. The van der Waals surface area contributed by atoms with Crippen molar-refractivity contribution >= 4 is 16.9 Å². The van der Waals surface area contributed by atoms with Gasteiger partial charge in [-0.3, -0.25) is 4.79 Å². The Morgan fingerprint density at radius 3 is 2.65 bits per heavy atom. The first kappa shape index (κ1) is 18.5. The molecule has 1 aromatic heterocycles. The summed E-state index contributed by atoms with van der Waals surface area (Å²) in [7, 11) is 1.42. The Bertz CT molecular complexity index is 878. The van der Waals surface area contributed by atoms with Crippen LogP contribution in [0.3, 0.4) is 0 Å². The molecule has 3 rings (SSSR count). The fourth-order valence-electron chi connectivity index (χ4n) is 3.85. The van der Waals surface area contributed by atoms with E-state index in [4.69, 9.17) is 9.15 Å². The van der Waals surface area contributed by atoms with Gasteiger partial charge in [-0.15, -0.1) is 0 Å². The summed E-state index contributed by atoms with van der Waals surface area (Å²) in [6.07, 6.45) is 2.22. The molecule has 0 spiro atoms. The number of benzene rings is 1. The number of quaternary nitrogens is 1. The van der Waals surface area contributed by atoms with E-state index in [2.05, 4.69) is 0 Å². The molecule has 1 aliphatic heterocycles. The lowest BCUT2D eigenvalue weighted by molar-refractivity contribution is -0.919. The summed E-state index contributed by atoms with van der Waals surface area (Å²) >= 11 is 0. The summed E-state index contributed by atoms with van der Waals surface area (Å²) in [6.45, 7) is 6.07. The van der Waals surface area contributed by atoms with Crippen LogP contribution in [-0.4, -0.2) is 31.3 Å². The summed E-state index contributed by atoms with van der Waals surface area (Å²) < 4.78 is 10.3. The number of hydrogen-bond donors (Lipinski definition) is 2. The average Bonchev–Trinajstić information content (AvgIpc) is 2.64. The number of aromatic hydroxyl groups is 1. The van der Waals surface area contributed by atoms with Gasteiger partial charge in [-0.2, -0.15) is 0 Å². The molecule has 0 bridgehead atoms. The highest BCUT2D eigenvalue weighted by atomic mass is 16.5. The standard InChI is InChI=1S/C20H25NO5/c1-4-13-10-15-12(2)9-17(22)26-19(15)16(18(13)23)11-21-7-5-14(6-8-21)20(24)25-3/h9-10,14,23H,4-8,11H2,1-3H3/p+1. The van der Waals surface area contributed by atoms with Gasteiger partial charge in [-0.25, -0.2) is 4.79 Å².